The number of amides is 2. The Labute approximate surface area is 172 Å². The summed E-state index contributed by atoms with van der Waals surface area (Å²) in [6.07, 6.45) is -1.17. The first-order valence-corrected chi connectivity index (χ1v) is 9.89. The number of rotatable bonds is 6. The molecule has 0 saturated carbocycles. The molecule has 2 N–H and O–H groups in total. The van der Waals surface area contributed by atoms with Gasteiger partial charge in [0, 0.05) is 16.1 Å². The van der Waals surface area contributed by atoms with Crippen molar-refractivity contribution < 1.29 is 23.9 Å². The van der Waals surface area contributed by atoms with Crippen molar-refractivity contribution in [2.75, 3.05) is 10.6 Å². The molecule has 2 amide bonds. The molecule has 1 aliphatic heterocycles. The third-order valence-electron chi connectivity index (χ3n) is 4.30. The molecule has 8 heteroatoms. The van der Waals surface area contributed by atoms with E-state index in [2.05, 4.69) is 10.6 Å². The van der Waals surface area contributed by atoms with Crippen LogP contribution in [-0.4, -0.2) is 34.9 Å². The van der Waals surface area contributed by atoms with E-state index in [1.54, 1.807) is 30.3 Å². The zero-order valence-corrected chi connectivity index (χ0v) is 16.7. The number of ether oxygens (including phenoxy) is 1. The van der Waals surface area contributed by atoms with E-state index in [-0.39, 0.29) is 18.1 Å². The zero-order valence-electron chi connectivity index (χ0n) is 15.9. The molecular formula is C21H20N2O5S. The fraction of sp³-hybridized carbons (Fsp3) is 0.238. The highest BCUT2D eigenvalue weighted by Gasteiger charge is 2.30. The topological polar surface area (TPSA) is 102 Å². The van der Waals surface area contributed by atoms with Crippen LogP contribution in [0.2, 0.25) is 0 Å². The molecule has 2 atom stereocenters. The minimum absolute atomic E-state index is 0.0718. The van der Waals surface area contributed by atoms with Crippen molar-refractivity contribution in [2.45, 2.75) is 36.5 Å². The van der Waals surface area contributed by atoms with E-state index in [9.17, 15) is 19.2 Å². The van der Waals surface area contributed by atoms with Gasteiger partial charge in [-0.1, -0.05) is 12.1 Å². The third kappa shape index (κ3) is 5.23. The van der Waals surface area contributed by atoms with Gasteiger partial charge in [-0.15, -0.1) is 11.8 Å². The number of hydrogen-bond acceptors (Lipinski definition) is 6. The largest absolute Gasteiger partial charge is 0.452 e. The van der Waals surface area contributed by atoms with Gasteiger partial charge in [0.25, 0.3) is 5.91 Å². The molecule has 0 aliphatic carbocycles. The Kier molecular flexibility index (Phi) is 6.33. The number of ketones is 1. The summed E-state index contributed by atoms with van der Waals surface area (Å²) in [6.45, 7) is 2.92. The number of para-hydroxylation sites is 1. The summed E-state index contributed by atoms with van der Waals surface area (Å²) in [4.78, 5) is 48.8. The lowest BCUT2D eigenvalue weighted by molar-refractivity contribution is -0.153. The van der Waals surface area contributed by atoms with Crippen molar-refractivity contribution in [1.82, 2.24) is 0 Å². The second kappa shape index (κ2) is 8.91. The van der Waals surface area contributed by atoms with Crippen molar-refractivity contribution in [2.24, 2.45) is 0 Å². The summed E-state index contributed by atoms with van der Waals surface area (Å²) in [7, 11) is 0. The van der Waals surface area contributed by atoms with Crippen LogP contribution in [-0.2, 0) is 19.1 Å². The van der Waals surface area contributed by atoms with E-state index >= 15 is 0 Å². The standard InChI is InChI=1S/C21H20N2O5S/c1-12(24)14-7-9-15(10-8-14)22-20(26)13(2)28-19(25)11-18-21(27)23-16-5-3-4-6-17(16)29-18/h3-10,13,18H,11H2,1-2H3,(H,22,26)(H,23,27)/t13-,18+/m1/s1. The first kappa shape index (κ1) is 20.6. The number of esters is 1. The Hall–Kier alpha value is -3.13. The average Bonchev–Trinajstić information content (AvgIpc) is 2.68. The van der Waals surface area contributed by atoms with Crippen molar-refractivity contribution in [1.29, 1.82) is 0 Å². The fourth-order valence-electron chi connectivity index (χ4n) is 2.71. The van der Waals surface area contributed by atoms with Crippen LogP contribution in [0.15, 0.2) is 53.4 Å². The van der Waals surface area contributed by atoms with Gasteiger partial charge in [-0.25, -0.2) is 0 Å². The second-order valence-electron chi connectivity index (χ2n) is 6.55. The summed E-state index contributed by atoms with van der Waals surface area (Å²) in [6, 6.07) is 13.7. The Morgan fingerprint density at radius 3 is 2.52 bits per heavy atom. The monoisotopic (exact) mass is 412 g/mol. The number of carbonyl (C=O) groups is 4. The number of carbonyl (C=O) groups excluding carboxylic acids is 4. The average molecular weight is 412 g/mol. The number of thioether (sulfide) groups is 1. The molecule has 0 radical (unpaired) electrons. The molecule has 1 aliphatic rings. The van der Waals surface area contributed by atoms with Crippen LogP contribution in [0.4, 0.5) is 11.4 Å². The van der Waals surface area contributed by atoms with E-state index in [1.807, 2.05) is 18.2 Å². The fourth-order valence-corrected chi connectivity index (χ4v) is 3.80. The van der Waals surface area contributed by atoms with Gasteiger partial charge in [0.05, 0.1) is 17.4 Å². The van der Waals surface area contributed by atoms with Gasteiger partial charge in [-0.3, -0.25) is 19.2 Å². The van der Waals surface area contributed by atoms with Gasteiger partial charge < -0.3 is 15.4 Å². The van der Waals surface area contributed by atoms with Crippen LogP contribution in [0.1, 0.15) is 30.6 Å². The Morgan fingerprint density at radius 2 is 1.83 bits per heavy atom. The molecule has 0 bridgehead atoms. The zero-order chi connectivity index (χ0) is 21.0. The van der Waals surface area contributed by atoms with Crippen LogP contribution in [0.3, 0.4) is 0 Å². The van der Waals surface area contributed by atoms with Gasteiger partial charge in [0.1, 0.15) is 0 Å². The highest BCUT2D eigenvalue weighted by Crippen LogP contribution is 2.36. The lowest BCUT2D eigenvalue weighted by Crippen LogP contribution is -2.34. The van der Waals surface area contributed by atoms with E-state index in [1.165, 1.54) is 25.6 Å². The van der Waals surface area contributed by atoms with Gasteiger partial charge in [0.2, 0.25) is 5.91 Å². The molecule has 3 rings (SSSR count). The van der Waals surface area contributed by atoms with Crippen molar-refractivity contribution in [3.63, 3.8) is 0 Å². The molecule has 29 heavy (non-hydrogen) atoms. The van der Waals surface area contributed by atoms with E-state index in [4.69, 9.17) is 4.74 Å². The predicted molar refractivity (Wildman–Crippen MR) is 110 cm³/mol. The van der Waals surface area contributed by atoms with Crippen molar-refractivity contribution in [3.05, 3.63) is 54.1 Å². The maximum Gasteiger partial charge on any atom is 0.308 e. The van der Waals surface area contributed by atoms with Crippen LogP contribution in [0, 0.1) is 0 Å². The van der Waals surface area contributed by atoms with Crippen molar-refractivity contribution in [3.8, 4) is 0 Å². The van der Waals surface area contributed by atoms with E-state index in [0.717, 1.165) is 10.6 Å². The molecule has 0 spiro atoms. The van der Waals surface area contributed by atoms with Gasteiger partial charge in [0.15, 0.2) is 11.9 Å². The molecule has 0 unspecified atom stereocenters. The maximum atomic E-state index is 12.2. The molecule has 2 aromatic carbocycles. The van der Waals surface area contributed by atoms with Gasteiger partial charge in [-0.2, -0.15) is 0 Å². The molecule has 1 heterocycles. The number of anilines is 2. The molecule has 7 nitrogen and oxygen atoms in total. The smallest absolute Gasteiger partial charge is 0.308 e. The number of fused-ring (bicyclic) bond motifs is 1. The highest BCUT2D eigenvalue weighted by atomic mass is 32.2. The summed E-state index contributed by atoms with van der Waals surface area (Å²) in [5.41, 5.74) is 1.74. The Morgan fingerprint density at radius 1 is 1.14 bits per heavy atom. The first-order valence-electron chi connectivity index (χ1n) is 9.01. The van der Waals surface area contributed by atoms with Crippen molar-refractivity contribution >= 4 is 46.7 Å². The summed E-state index contributed by atoms with van der Waals surface area (Å²) < 4.78 is 5.19. The summed E-state index contributed by atoms with van der Waals surface area (Å²) in [5, 5.41) is 4.77. The number of hydrogen-bond donors (Lipinski definition) is 2. The van der Waals surface area contributed by atoms with E-state index in [0.29, 0.717) is 11.3 Å². The van der Waals surface area contributed by atoms with Crippen LogP contribution in [0.5, 0.6) is 0 Å². The van der Waals surface area contributed by atoms with Crippen LogP contribution >= 0.6 is 11.8 Å². The molecule has 0 fully saturated rings. The Bertz CT molecular complexity index is 958. The van der Waals surface area contributed by atoms with Gasteiger partial charge >= 0.3 is 5.97 Å². The molecule has 150 valence electrons. The quantitative estimate of drug-likeness (QED) is 0.558. The first-order chi connectivity index (χ1) is 13.8. The summed E-state index contributed by atoms with van der Waals surface area (Å²) >= 11 is 1.29. The lowest BCUT2D eigenvalue weighted by Gasteiger charge is -2.23. The Balaban J connectivity index is 1.52. The lowest BCUT2D eigenvalue weighted by atomic mass is 10.1. The summed E-state index contributed by atoms with van der Waals surface area (Å²) in [5.74, 6) is -1.47. The molecular weight excluding hydrogens is 392 g/mol. The third-order valence-corrected chi connectivity index (χ3v) is 5.57. The number of Topliss-reactive ketones (excluding diaryl/α,β-unsaturated/α-hetero) is 1. The maximum absolute atomic E-state index is 12.2. The second-order valence-corrected chi connectivity index (χ2v) is 7.80. The predicted octanol–water partition coefficient (Wildman–Crippen LogP) is 3.26. The SMILES string of the molecule is CC(=O)c1ccc(NC(=O)[C@@H](C)OC(=O)C[C@@H]2Sc3ccccc3NC2=O)cc1. The van der Waals surface area contributed by atoms with Crippen LogP contribution in [0.25, 0.3) is 0 Å². The molecule has 2 aromatic rings. The molecule has 0 aromatic heterocycles. The number of benzene rings is 2. The van der Waals surface area contributed by atoms with E-state index < -0.39 is 23.2 Å². The van der Waals surface area contributed by atoms with Crippen LogP contribution < -0.4 is 10.6 Å². The molecule has 0 saturated heterocycles. The number of nitrogens with one attached hydrogen (secondary N) is 2. The minimum atomic E-state index is -1.03. The normalized spacial score (nSPS) is 16.2. The minimum Gasteiger partial charge on any atom is -0.452 e. The van der Waals surface area contributed by atoms with Gasteiger partial charge in [-0.05, 0) is 50.2 Å². The highest BCUT2D eigenvalue weighted by molar-refractivity contribution is 8.01.